The summed E-state index contributed by atoms with van der Waals surface area (Å²) in [6, 6.07) is 6.03. The maximum atomic E-state index is 10.9. The highest BCUT2D eigenvalue weighted by molar-refractivity contribution is 7.20. The van der Waals surface area contributed by atoms with Crippen LogP contribution in [0.3, 0.4) is 0 Å². The average Bonchev–Trinajstić information content (AvgIpc) is 3.20. The number of anilines is 1. The monoisotopic (exact) mass is 397 g/mol. The van der Waals surface area contributed by atoms with E-state index in [9.17, 15) is 9.90 Å². The number of benzene rings is 1. The lowest BCUT2D eigenvalue weighted by molar-refractivity contribution is -0.305. The Kier molecular flexibility index (Phi) is 5.87. The second-order valence-electron chi connectivity index (χ2n) is 6.34. The molecule has 1 fully saturated rings. The smallest absolute Gasteiger partial charge is 0.187 e. The fraction of sp³-hybridized carbons (Fsp3) is 0.444. The molecule has 1 saturated carbocycles. The van der Waals surface area contributed by atoms with Crippen molar-refractivity contribution in [1.29, 1.82) is 0 Å². The summed E-state index contributed by atoms with van der Waals surface area (Å²) in [4.78, 5) is 17.7. The van der Waals surface area contributed by atoms with E-state index in [0.29, 0.717) is 21.9 Å². The maximum Gasteiger partial charge on any atom is 0.187 e. The highest BCUT2D eigenvalue weighted by atomic mass is 35.5. The lowest BCUT2D eigenvalue weighted by atomic mass is 10.1. The highest BCUT2D eigenvalue weighted by Gasteiger charge is 2.26. The van der Waals surface area contributed by atoms with Gasteiger partial charge in [-0.3, -0.25) is 0 Å². The molecule has 0 saturated heterocycles. The van der Waals surface area contributed by atoms with Gasteiger partial charge in [0.25, 0.3) is 0 Å². The lowest BCUT2D eigenvalue weighted by Gasteiger charge is -2.28. The van der Waals surface area contributed by atoms with E-state index < -0.39 is 5.97 Å². The molecule has 0 aliphatic heterocycles. The van der Waals surface area contributed by atoms with Gasteiger partial charge in [0.2, 0.25) is 0 Å². The molecule has 0 radical (unpaired) electrons. The van der Waals surface area contributed by atoms with Crippen molar-refractivity contribution in [1.82, 2.24) is 4.98 Å². The first kappa shape index (κ1) is 18.5. The number of rotatable bonds is 6. The van der Waals surface area contributed by atoms with Crippen LogP contribution in [0.2, 0.25) is 9.36 Å². The number of hydrogen-bond acceptors (Lipinski definition) is 5. The Morgan fingerprint density at radius 1 is 1.36 bits per heavy atom. The Hall–Kier alpha value is -1.30. The van der Waals surface area contributed by atoms with Crippen LogP contribution in [0.25, 0.3) is 11.3 Å². The molecule has 1 aromatic carbocycles. The van der Waals surface area contributed by atoms with E-state index in [1.165, 1.54) is 11.3 Å². The summed E-state index contributed by atoms with van der Waals surface area (Å²) in [6.07, 6.45) is 4.42. The number of thiazole rings is 1. The standard InChI is InChI=1S/C18H20Cl2N2O2S/c1-11-10-12(6-7-14(11)19)16-17(20)25-18(21-16)22(9-8-15(23)24)13-4-2-3-5-13/h6-7,10,13H,2-5,8-9H2,1H3,(H,23,24)/p-1. The van der Waals surface area contributed by atoms with Gasteiger partial charge < -0.3 is 14.8 Å². The van der Waals surface area contributed by atoms with Crippen LogP contribution in [0.15, 0.2) is 18.2 Å². The molecule has 1 aromatic heterocycles. The molecule has 134 valence electrons. The van der Waals surface area contributed by atoms with Gasteiger partial charge in [-0.05, 0) is 37.5 Å². The van der Waals surface area contributed by atoms with Crippen LogP contribution in [0.5, 0.6) is 0 Å². The van der Waals surface area contributed by atoms with E-state index in [2.05, 4.69) is 4.90 Å². The minimum absolute atomic E-state index is 0.0108. The van der Waals surface area contributed by atoms with Gasteiger partial charge in [-0.1, -0.05) is 53.4 Å². The number of nitrogens with zero attached hydrogens (tertiary/aromatic N) is 2. The number of aryl methyl sites for hydroxylation is 1. The van der Waals surface area contributed by atoms with Crippen molar-refractivity contribution < 1.29 is 9.90 Å². The van der Waals surface area contributed by atoms with Crippen molar-refractivity contribution >= 4 is 45.6 Å². The predicted octanol–water partition coefficient (Wildman–Crippen LogP) is 4.31. The zero-order chi connectivity index (χ0) is 18.0. The van der Waals surface area contributed by atoms with Crippen LogP contribution >= 0.6 is 34.5 Å². The van der Waals surface area contributed by atoms with Crippen molar-refractivity contribution in [3.63, 3.8) is 0 Å². The maximum absolute atomic E-state index is 10.9. The molecule has 25 heavy (non-hydrogen) atoms. The summed E-state index contributed by atoms with van der Waals surface area (Å²) in [5, 5.41) is 12.4. The molecule has 2 aromatic rings. The first-order valence-electron chi connectivity index (χ1n) is 8.35. The molecular formula is C18H19Cl2N2O2S-. The quantitative estimate of drug-likeness (QED) is 0.728. The first-order chi connectivity index (χ1) is 12.0. The number of carboxylic acid groups (broad SMARTS) is 1. The summed E-state index contributed by atoms with van der Waals surface area (Å²) in [5.41, 5.74) is 2.60. The summed E-state index contributed by atoms with van der Waals surface area (Å²) < 4.78 is 0.605. The molecule has 0 N–H and O–H groups in total. The molecule has 1 heterocycles. The second-order valence-corrected chi connectivity index (χ2v) is 8.32. The fourth-order valence-electron chi connectivity index (χ4n) is 3.25. The normalized spacial score (nSPS) is 14.8. The number of aliphatic carboxylic acids is 1. The summed E-state index contributed by atoms with van der Waals surface area (Å²) >= 11 is 14.0. The third kappa shape index (κ3) is 4.27. The SMILES string of the molecule is Cc1cc(-c2nc(N(CCC(=O)[O-])C3CCCC3)sc2Cl)ccc1Cl. The molecule has 7 heteroatoms. The molecule has 1 aliphatic rings. The molecule has 3 rings (SSSR count). The van der Waals surface area contributed by atoms with Crippen molar-refractivity contribution in [2.24, 2.45) is 0 Å². The van der Waals surface area contributed by atoms with Gasteiger partial charge in [0.15, 0.2) is 5.13 Å². The number of carbonyl (C=O) groups is 1. The van der Waals surface area contributed by atoms with E-state index in [1.807, 2.05) is 25.1 Å². The third-order valence-electron chi connectivity index (χ3n) is 4.57. The molecule has 0 amide bonds. The van der Waals surface area contributed by atoms with Crippen molar-refractivity contribution in [3.8, 4) is 11.3 Å². The van der Waals surface area contributed by atoms with Crippen LogP contribution in [0.4, 0.5) is 5.13 Å². The Bertz CT molecular complexity index is 772. The van der Waals surface area contributed by atoms with Gasteiger partial charge in [-0.2, -0.15) is 0 Å². The average molecular weight is 398 g/mol. The fourth-order valence-corrected chi connectivity index (χ4v) is 4.64. The molecule has 0 unspecified atom stereocenters. The third-order valence-corrected chi connectivity index (χ3v) is 6.29. The van der Waals surface area contributed by atoms with Gasteiger partial charge in [-0.15, -0.1) is 0 Å². The van der Waals surface area contributed by atoms with Gasteiger partial charge in [0.1, 0.15) is 10.0 Å². The molecule has 0 atom stereocenters. The van der Waals surface area contributed by atoms with E-state index >= 15 is 0 Å². The Morgan fingerprint density at radius 3 is 2.72 bits per heavy atom. The summed E-state index contributed by atoms with van der Waals surface area (Å²) in [7, 11) is 0. The lowest BCUT2D eigenvalue weighted by Crippen LogP contribution is -2.37. The second kappa shape index (κ2) is 7.94. The number of halogens is 2. The molecule has 1 aliphatic carbocycles. The zero-order valence-electron chi connectivity index (χ0n) is 13.9. The van der Waals surface area contributed by atoms with Crippen molar-refractivity contribution in [2.75, 3.05) is 11.4 Å². The Balaban J connectivity index is 1.91. The molecule has 0 bridgehead atoms. The Morgan fingerprint density at radius 2 is 2.08 bits per heavy atom. The minimum Gasteiger partial charge on any atom is -0.550 e. The van der Waals surface area contributed by atoms with Crippen LogP contribution in [0, 0.1) is 6.92 Å². The van der Waals surface area contributed by atoms with Crippen molar-refractivity contribution in [3.05, 3.63) is 33.1 Å². The van der Waals surface area contributed by atoms with Crippen LogP contribution in [-0.2, 0) is 4.79 Å². The van der Waals surface area contributed by atoms with Gasteiger partial charge in [-0.25, -0.2) is 4.98 Å². The van der Waals surface area contributed by atoms with Crippen LogP contribution < -0.4 is 10.0 Å². The van der Waals surface area contributed by atoms with E-state index in [1.54, 1.807) is 0 Å². The van der Waals surface area contributed by atoms with Gasteiger partial charge >= 0.3 is 0 Å². The largest absolute Gasteiger partial charge is 0.550 e. The highest BCUT2D eigenvalue weighted by Crippen LogP contribution is 2.40. The van der Waals surface area contributed by atoms with Crippen molar-refractivity contribution in [2.45, 2.75) is 45.1 Å². The zero-order valence-corrected chi connectivity index (χ0v) is 16.3. The number of carbonyl (C=O) groups excluding carboxylic acids is 1. The number of aromatic nitrogens is 1. The van der Waals surface area contributed by atoms with E-state index in [0.717, 1.165) is 47.6 Å². The minimum atomic E-state index is -1.04. The van der Waals surface area contributed by atoms with Crippen LogP contribution in [0.1, 0.15) is 37.7 Å². The van der Waals surface area contributed by atoms with Gasteiger partial charge in [0, 0.05) is 35.6 Å². The molecular weight excluding hydrogens is 379 g/mol. The van der Waals surface area contributed by atoms with E-state index in [-0.39, 0.29) is 6.42 Å². The van der Waals surface area contributed by atoms with Gasteiger partial charge in [0.05, 0.1) is 0 Å². The molecule has 0 spiro atoms. The first-order valence-corrected chi connectivity index (χ1v) is 9.92. The van der Waals surface area contributed by atoms with Crippen LogP contribution in [-0.4, -0.2) is 23.5 Å². The molecule has 4 nitrogen and oxygen atoms in total. The van der Waals surface area contributed by atoms with E-state index in [4.69, 9.17) is 28.2 Å². The summed E-state index contributed by atoms with van der Waals surface area (Å²) in [5.74, 6) is -1.04. The number of hydrogen-bond donors (Lipinski definition) is 0. The Labute approximate surface area is 161 Å². The predicted molar refractivity (Wildman–Crippen MR) is 102 cm³/mol. The topological polar surface area (TPSA) is 56.3 Å². The summed E-state index contributed by atoms with van der Waals surface area (Å²) in [6.45, 7) is 2.34. The number of carboxylic acids is 1.